The number of ether oxygens (including phenoxy) is 1. The van der Waals surface area contributed by atoms with Crippen molar-refractivity contribution in [2.75, 3.05) is 17.7 Å². The Morgan fingerprint density at radius 1 is 1.33 bits per heavy atom. The maximum Gasteiger partial charge on any atom is 0.256 e. The summed E-state index contributed by atoms with van der Waals surface area (Å²) in [6.07, 6.45) is 2.56. The number of anilines is 2. The molecule has 0 saturated heterocycles. The normalized spacial score (nSPS) is 10.2. The molecular weight excluding hydrogens is 266 g/mol. The molecule has 5 heteroatoms. The van der Waals surface area contributed by atoms with Crippen LogP contribution in [-0.4, -0.2) is 17.5 Å². The average molecular weight is 285 g/mol. The summed E-state index contributed by atoms with van der Waals surface area (Å²) < 4.78 is 5.49. The molecule has 0 aliphatic carbocycles. The minimum atomic E-state index is -0.248. The number of carbonyl (C=O) groups excluding carboxylic acids is 1. The summed E-state index contributed by atoms with van der Waals surface area (Å²) in [7, 11) is 0. The van der Waals surface area contributed by atoms with Crippen molar-refractivity contribution in [1.29, 1.82) is 0 Å². The van der Waals surface area contributed by atoms with Gasteiger partial charge in [0, 0.05) is 11.8 Å². The molecule has 0 radical (unpaired) electrons. The Morgan fingerprint density at radius 2 is 2.14 bits per heavy atom. The minimum absolute atomic E-state index is 0.248. The predicted octanol–water partition coefficient (Wildman–Crippen LogP) is 3.01. The van der Waals surface area contributed by atoms with Crippen molar-refractivity contribution in [1.82, 2.24) is 4.98 Å². The van der Waals surface area contributed by atoms with Gasteiger partial charge in [0.05, 0.1) is 12.3 Å². The standard InChI is InChI=1S/C16H19N3O2/c1-3-8-21-14-5-4-12(10-13(14)17)16(20)19-15-9-11(2)6-7-18-15/h4-7,9-10H,3,8,17H2,1-2H3,(H,18,19,20). The van der Waals surface area contributed by atoms with E-state index in [9.17, 15) is 4.79 Å². The summed E-state index contributed by atoms with van der Waals surface area (Å²) in [5.74, 6) is 0.869. The van der Waals surface area contributed by atoms with Gasteiger partial charge in [-0.1, -0.05) is 6.92 Å². The zero-order valence-corrected chi connectivity index (χ0v) is 12.2. The number of nitrogens with two attached hydrogens (primary N) is 1. The highest BCUT2D eigenvalue weighted by Crippen LogP contribution is 2.23. The summed E-state index contributed by atoms with van der Waals surface area (Å²) in [6.45, 7) is 4.56. The largest absolute Gasteiger partial charge is 0.491 e. The van der Waals surface area contributed by atoms with Crippen molar-refractivity contribution in [3.05, 3.63) is 47.7 Å². The monoisotopic (exact) mass is 285 g/mol. The summed E-state index contributed by atoms with van der Waals surface area (Å²) in [5.41, 5.74) is 7.85. The highest BCUT2D eigenvalue weighted by atomic mass is 16.5. The van der Waals surface area contributed by atoms with Crippen LogP contribution in [0.2, 0.25) is 0 Å². The molecule has 1 heterocycles. The lowest BCUT2D eigenvalue weighted by molar-refractivity contribution is 0.102. The number of benzene rings is 1. The average Bonchev–Trinajstić information content (AvgIpc) is 2.46. The smallest absolute Gasteiger partial charge is 0.256 e. The summed E-state index contributed by atoms with van der Waals surface area (Å²) in [6, 6.07) is 8.68. The molecule has 1 amide bonds. The third-order valence-electron chi connectivity index (χ3n) is 2.89. The van der Waals surface area contributed by atoms with E-state index in [1.165, 1.54) is 0 Å². The molecular formula is C16H19N3O2. The van der Waals surface area contributed by atoms with Crippen LogP contribution in [0.1, 0.15) is 29.3 Å². The molecule has 0 atom stereocenters. The van der Waals surface area contributed by atoms with Crippen molar-refractivity contribution in [2.24, 2.45) is 0 Å². The molecule has 0 fully saturated rings. The van der Waals surface area contributed by atoms with Crippen LogP contribution in [0.15, 0.2) is 36.5 Å². The molecule has 0 spiro atoms. The van der Waals surface area contributed by atoms with Crippen molar-refractivity contribution in [3.63, 3.8) is 0 Å². The van der Waals surface area contributed by atoms with Crippen LogP contribution in [0.5, 0.6) is 5.75 Å². The number of amides is 1. The fourth-order valence-corrected chi connectivity index (χ4v) is 1.83. The van der Waals surface area contributed by atoms with E-state index in [-0.39, 0.29) is 5.91 Å². The lowest BCUT2D eigenvalue weighted by atomic mass is 10.1. The van der Waals surface area contributed by atoms with Gasteiger partial charge in [-0.25, -0.2) is 4.98 Å². The van der Waals surface area contributed by atoms with Crippen LogP contribution in [-0.2, 0) is 0 Å². The molecule has 1 aromatic heterocycles. The number of pyridine rings is 1. The van der Waals surface area contributed by atoms with E-state index in [1.54, 1.807) is 30.5 Å². The molecule has 0 aliphatic heterocycles. The van der Waals surface area contributed by atoms with Gasteiger partial charge >= 0.3 is 0 Å². The number of nitrogen functional groups attached to an aromatic ring is 1. The third kappa shape index (κ3) is 3.95. The number of aromatic nitrogens is 1. The van der Waals surface area contributed by atoms with E-state index in [0.717, 1.165) is 12.0 Å². The zero-order chi connectivity index (χ0) is 15.2. The lowest BCUT2D eigenvalue weighted by Crippen LogP contribution is -2.13. The molecule has 21 heavy (non-hydrogen) atoms. The first-order valence-corrected chi connectivity index (χ1v) is 6.86. The number of hydrogen-bond donors (Lipinski definition) is 2. The van der Waals surface area contributed by atoms with Gasteiger partial charge in [-0.05, 0) is 49.2 Å². The molecule has 0 aliphatic rings. The lowest BCUT2D eigenvalue weighted by Gasteiger charge is -2.10. The zero-order valence-electron chi connectivity index (χ0n) is 12.2. The van der Waals surface area contributed by atoms with Crippen molar-refractivity contribution in [2.45, 2.75) is 20.3 Å². The van der Waals surface area contributed by atoms with Crippen LogP contribution >= 0.6 is 0 Å². The van der Waals surface area contributed by atoms with Gasteiger partial charge in [0.25, 0.3) is 5.91 Å². The second kappa shape index (κ2) is 6.74. The number of nitrogens with one attached hydrogen (secondary N) is 1. The fraction of sp³-hybridized carbons (Fsp3) is 0.250. The first kappa shape index (κ1) is 14.8. The van der Waals surface area contributed by atoms with Crippen molar-refractivity contribution < 1.29 is 9.53 Å². The van der Waals surface area contributed by atoms with Crippen LogP contribution < -0.4 is 15.8 Å². The Bertz CT molecular complexity index is 641. The summed E-state index contributed by atoms with van der Waals surface area (Å²) in [4.78, 5) is 16.3. The second-order valence-corrected chi connectivity index (χ2v) is 4.77. The molecule has 0 bridgehead atoms. The number of carbonyl (C=O) groups is 1. The maximum absolute atomic E-state index is 12.2. The van der Waals surface area contributed by atoms with E-state index in [0.29, 0.717) is 29.4 Å². The van der Waals surface area contributed by atoms with Gasteiger partial charge in [-0.2, -0.15) is 0 Å². The van der Waals surface area contributed by atoms with Gasteiger partial charge in [-0.3, -0.25) is 4.79 Å². The molecule has 2 aromatic rings. The third-order valence-corrected chi connectivity index (χ3v) is 2.89. The Balaban J connectivity index is 2.11. The van der Waals surface area contributed by atoms with Crippen LogP contribution in [0.25, 0.3) is 0 Å². The number of hydrogen-bond acceptors (Lipinski definition) is 4. The maximum atomic E-state index is 12.2. The van der Waals surface area contributed by atoms with Crippen LogP contribution in [0.3, 0.4) is 0 Å². The Hall–Kier alpha value is -2.56. The number of nitrogens with zero attached hydrogens (tertiary/aromatic N) is 1. The first-order chi connectivity index (χ1) is 10.1. The Kier molecular flexibility index (Phi) is 4.77. The summed E-state index contributed by atoms with van der Waals surface area (Å²) in [5, 5.41) is 2.74. The van der Waals surface area contributed by atoms with E-state index >= 15 is 0 Å². The molecule has 2 rings (SSSR count). The SMILES string of the molecule is CCCOc1ccc(C(=O)Nc2cc(C)ccn2)cc1N. The van der Waals surface area contributed by atoms with Gasteiger partial charge in [-0.15, -0.1) is 0 Å². The quantitative estimate of drug-likeness (QED) is 0.828. The summed E-state index contributed by atoms with van der Waals surface area (Å²) >= 11 is 0. The van der Waals surface area contributed by atoms with Gasteiger partial charge < -0.3 is 15.8 Å². The van der Waals surface area contributed by atoms with E-state index in [2.05, 4.69) is 10.3 Å². The van der Waals surface area contributed by atoms with Gasteiger partial charge in [0.15, 0.2) is 0 Å². The fourth-order valence-electron chi connectivity index (χ4n) is 1.83. The molecule has 110 valence electrons. The molecule has 0 unspecified atom stereocenters. The van der Waals surface area contributed by atoms with Crippen molar-refractivity contribution in [3.8, 4) is 5.75 Å². The van der Waals surface area contributed by atoms with E-state index in [4.69, 9.17) is 10.5 Å². The molecule has 1 aromatic carbocycles. The van der Waals surface area contributed by atoms with Gasteiger partial charge in [0.1, 0.15) is 11.6 Å². The van der Waals surface area contributed by atoms with Crippen molar-refractivity contribution >= 4 is 17.4 Å². The predicted molar refractivity (Wildman–Crippen MR) is 83.6 cm³/mol. The van der Waals surface area contributed by atoms with Crippen LogP contribution in [0, 0.1) is 6.92 Å². The number of rotatable bonds is 5. The minimum Gasteiger partial charge on any atom is -0.491 e. The molecule has 5 nitrogen and oxygen atoms in total. The van der Waals surface area contributed by atoms with E-state index in [1.807, 2.05) is 19.9 Å². The van der Waals surface area contributed by atoms with Gasteiger partial charge in [0.2, 0.25) is 0 Å². The Labute approximate surface area is 124 Å². The molecule has 0 saturated carbocycles. The second-order valence-electron chi connectivity index (χ2n) is 4.77. The first-order valence-electron chi connectivity index (χ1n) is 6.86. The highest BCUT2D eigenvalue weighted by Gasteiger charge is 2.10. The highest BCUT2D eigenvalue weighted by molar-refractivity contribution is 6.04. The Morgan fingerprint density at radius 3 is 2.81 bits per heavy atom. The molecule has 3 N–H and O–H groups in total. The van der Waals surface area contributed by atoms with E-state index < -0.39 is 0 Å². The topological polar surface area (TPSA) is 77.2 Å². The van der Waals surface area contributed by atoms with Crippen LogP contribution in [0.4, 0.5) is 11.5 Å². The number of aryl methyl sites for hydroxylation is 1.